The smallest absolute Gasteiger partial charge is 0.379 e. The molecule has 9 nitrogen and oxygen atoms in total. The van der Waals surface area contributed by atoms with E-state index < -0.39 is 16.1 Å². The van der Waals surface area contributed by atoms with Crippen molar-refractivity contribution in [1.29, 1.82) is 0 Å². The number of nitrogens with zero attached hydrogens (tertiary/aromatic N) is 3. The Hall–Kier alpha value is -3.34. The van der Waals surface area contributed by atoms with Crippen LogP contribution in [-0.2, 0) is 14.5 Å². The molecule has 0 bridgehead atoms. The molecule has 1 aliphatic rings. The third-order valence-electron chi connectivity index (χ3n) is 4.65. The number of carbonyl (C=O) groups excluding carboxylic acids is 1. The highest BCUT2D eigenvalue weighted by Gasteiger charge is 2.22. The van der Waals surface area contributed by atoms with Gasteiger partial charge in [0.05, 0.1) is 5.56 Å². The number of benzene rings is 1. The lowest BCUT2D eigenvalue weighted by Gasteiger charge is -2.04. The number of rotatable bonds is 6. The average Bonchev–Trinajstić information content (AvgIpc) is 3.42. The predicted molar refractivity (Wildman–Crippen MR) is 118 cm³/mol. The molecule has 1 fully saturated rings. The molecule has 11 heteroatoms. The summed E-state index contributed by atoms with van der Waals surface area (Å²) in [5, 5.41) is 4.77. The van der Waals surface area contributed by atoms with Gasteiger partial charge >= 0.3 is 10.3 Å². The Labute approximate surface area is 188 Å². The monoisotopic (exact) mass is 472 g/mol. The molecule has 4 rings (SSSR count). The highest BCUT2D eigenvalue weighted by molar-refractivity contribution is 7.84. The maximum atomic E-state index is 13.1. The summed E-state index contributed by atoms with van der Waals surface area (Å²) in [7, 11) is -4.07. The number of hydrogen-bond acceptors (Lipinski definition) is 8. The third-order valence-corrected chi connectivity index (χ3v) is 5.20. The molecule has 1 saturated carbocycles. The first-order chi connectivity index (χ1) is 15.3. The Kier molecular flexibility index (Phi) is 6.17. The van der Waals surface area contributed by atoms with Gasteiger partial charge in [-0.25, -0.2) is 9.98 Å². The molecule has 0 radical (unpaired) electrons. The van der Waals surface area contributed by atoms with Crippen LogP contribution < -0.4 is 5.14 Å². The second-order valence-electron chi connectivity index (χ2n) is 6.96. The molecule has 0 saturated heterocycles. The van der Waals surface area contributed by atoms with Gasteiger partial charge in [0.1, 0.15) is 12.0 Å². The first kappa shape index (κ1) is 21.9. The summed E-state index contributed by atoms with van der Waals surface area (Å²) in [5.74, 6) is 0.340. The van der Waals surface area contributed by atoms with Gasteiger partial charge in [0.2, 0.25) is 11.1 Å². The highest BCUT2D eigenvalue weighted by atomic mass is 35.5. The zero-order valence-electron chi connectivity index (χ0n) is 16.6. The molecule has 0 unspecified atom stereocenters. The minimum Gasteiger partial charge on any atom is -0.453 e. The normalized spacial score (nSPS) is 16.6. The van der Waals surface area contributed by atoms with Crippen LogP contribution in [0.1, 0.15) is 35.4 Å². The number of hydrogen-bond donors (Lipinski definition) is 1. The highest BCUT2D eigenvalue weighted by Crippen LogP contribution is 2.29. The largest absolute Gasteiger partial charge is 0.453 e. The Bertz CT molecular complexity index is 1330. The zero-order chi connectivity index (χ0) is 22.7. The van der Waals surface area contributed by atoms with Crippen molar-refractivity contribution >= 4 is 39.2 Å². The molecule has 2 aromatic heterocycles. The lowest BCUT2D eigenvalue weighted by molar-refractivity contribution is 0.101. The predicted octanol–water partition coefficient (Wildman–Crippen LogP) is 3.98. The van der Waals surface area contributed by atoms with E-state index in [0.717, 1.165) is 11.8 Å². The average molecular weight is 473 g/mol. The second kappa shape index (κ2) is 9.03. The van der Waals surface area contributed by atoms with E-state index in [2.05, 4.69) is 19.1 Å². The topological polar surface area (TPSA) is 138 Å². The Morgan fingerprint density at radius 1 is 1.19 bits per heavy atom. The summed E-state index contributed by atoms with van der Waals surface area (Å²) < 4.78 is 32.1. The molecule has 1 aromatic carbocycles. The fourth-order valence-corrected chi connectivity index (χ4v) is 3.57. The summed E-state index contributed by atoms with van der Waals surface area (Å²) in [6.45, 7) is 0. The first-order valence-corrected chi connectivity index (χ1v) is 11.3. The van der Waals surface area contributed by atoms with Crippen LogP contribution in [0.15, 0.2) is 69.9 Å². The van der Waals surface area contributed by atoms with Gasteiger partial charge < -0.3 is 8.60 Å². The summed E-state index contributed by atoms with van der Waals surface area (Å²) in [4.78, 5) is 25.5. The molecular formula is C21H17ClN4O5S. The third kappa shape index (κ3) is 5.28. The molecular weight excluding hydrogens is 456 g/mol. The molecule has 0 aliphatic heterocycles. The maximum Gasteiger partial charge on any atom is 0.379 e. The van der Waals surface area contributed by atoms with Gasteiger partial charge in [0.15, 0.2) is 11.6 Å². The van der Waals surface area contributed by atoms with Crippen molar-refractivity contribution in [2.75, 3.05) is 0 Å². The van der Waals surface area contributed by atoms with E-state index in [4.69, 9.17) is 21.2 Å². The summed E-state index contributed by atoms with van der Waals surface area (Å²) in [6.07, 6.45) is 3.83. The molecule has 0 amide bonds. The van der Waals surface area contributed by atoms with Crippen molar-refractivity contribution in [3.8, 4) is 11.3 Å². The van der Waals surface area contributed by atoms with Crippen LogP contribution in [0.4, 0.5) is 5.82 Å². The lowest BCUT2D eigenvalue weighted by Crippen LogP contribution is -2.12. The van der Waals surface area contributed by atoms with Crippen LogP contribution >= 0.6 is 11.6 Å². The van der Waals surface area contributed by atoms with Gasteiger partial charge in [0.25, 0.3) is 0 Å². The van der Waals surface area contributed by atoms with Gasteiger partial charge in [-0.15, -0.1) is 0 Å². The lowest BCUT2D eigenvalue weighted by atomic mass is 10.1. The summed E-state index contributed by atoms with van der Waals surface area (Å²) in [6, 6.07) is 12.7. The van der Waals surface area contributed by atoms with Gasteiger partial charge in [-0.3, -0.25) is 4.79 Å². The summed E-state index contributed by atoms with van der Waals surface area (Å²) >= 11 is 5.93. The Morgan fingerprint density at radius 3 is 2.72 bits per heavy atom. The molecule has 1 aliphatic carbocycles. The van der Waals surface area contributed by atoms with Crippen molar-refractivity contribution in [3.05, 3.63) is 77.1 Å². The van der Waals surface area contributed by atoms with Crippen LogP contribution in [0, 0.1) is 0 Å². The molecule has 164 valence electrons. The van der Waals surface area contributed by atoms with Crippen LogP contribution in [-0.4, -0.2) is 29.9 Å². The van der Waals surface area contributed by atoms with Gasteiger partial charge in [0, 0.05) is 23.9 Å². The SMILES string of the molecule is NS(=O)(=O)O/C=C1\CCC(=Nc2nc(Cl)ncc2C(=O)c2ccc(-c3ccccc3)o2)C1. The number of carbonyl (C=O) groups is 1. The van der Waals surface area contributed by atoms with Crippen LogP contribution in [0.25, 0.3) is 11.3 Å². The Morgan fingerprint density at radius 2 is 1.97 bits per heavy atom. The number of nitrogens with two attached hydrogens (primary N) is 1. The fraction of sp³-hybridized carbons (Fsp3) is 0.143. The molecule has 32 heavy (non-hydrogen) atoms. The Balaban J connectivity index is 1.60. The van der Waals surface area contributed by atoms with Crippen LogP contribution in [0.3, 0.4) is 0 Å². The van der Waals surface area contributed by atoms with Crippen molar-refractivity contribution in [2.45, 2.75) is 19.3 Å². The molecule has 0 atom stereocenters. The number of aliphatic imine (C=N–C) groups is 1. The number of allylic oxidation sites excluding steroid dienone is 1. The van der Waals surface area contributed by atoms with Crippen molar-refractivity contribution in [1.82, 2.24) is 9.97 Å². The minimum atomic E-state index is -4.07. The molecule has 2 heterocycles. The minimum absolute atomic E-state index is 0.0587. The van der Waals surface area contributed by atoms with Crippen LogP contribution in [0.2, 0.25) is 5.28 Å². The van der Waals surface area contributed by atoms with Crippen LogP contribution in [0.5, 0.6) is 0 Å². The van der Waals surface area contributed by atoms with E-state index in [1.807, 2.05) is 30.3 Å². The van der Waals surface area contributed by atoms with Crippen molar-refractivity contribution in [2.24, 2.45) is 10.1 Å². The number of halogens is 1. The van der Waals surface area contributed by atoms with Gasteiger partial charge in [-0.2, -0.15) is 18.5 Å². The van der Waals surface area contributed by atoms with Crippen molar-refractivity contribution < 1.29 is 21.8 Å². The van der Waals surface area contributed by atoms with E-state index in [1.165, 1.54) is 6.20 Å². The molecule has 3 aromatic rings. The van der Waals surface area contributed by atoms with Crippen molar-refractivity contribution in [3.63, 3.8) is 0 Å². The van der Waals surface area contributed by atoms with E-state index in [0.29, 0.717) is 36.3 Å². The van der Waals surface area contributed by atoms with Gasteiger partial charge in [-0.05, 0) is 42.1 Å². The summed E-state index contributed by atoms with van der Waals surface area (Å²) in [5.41, 5.74) is 2.35. The van der Waals surface area contributed by atoms with E-state index >= 15 is 0 Å². The molecule has 2 N–H and O–H groups in total. The van der Waals surface area contributed by atoms with E-state index in [-0.39, 0.29) is 22.4 Å². The number of furan rings is 1. The fourth-order valence-electron chi connectivity index (χ4n) is 3.17. The van der Waals surface area contributed by atoms with E-state index in [1.54, 1.807) is 12.1 Å². The maximum absolute atomic E-state index is 13.1. The zero-order valence-corrected chi connectivity index (χ0v) is 18.1. The van der Waals surface area contributed by atoms with E-state index in [9.17, 15) is 13.2 Å². The molecule has 0 spiro atoms. The standard InChI is InChI=1S/C21H17ClN4O5S/c22-21-24-11-16(19(27)18-9-8-17(31-18)14-4-2-1-3-5-14)20(26-21)25-15-7-6-13(10-15)12-30-32(23,28)29/h1-5,8-9,11-12H,6-7,10H2,(H2,23,28,29)/b13-12+,25-15?. The number of ketones is 1. The first-order valence-electron chi connectivity index (χ1n) is 9.46. The quantitative estimate of drug-likeness (QED) is 0.325. The second-order valence-corrected chi connectivity index (χ2v) is 8.47. The van der Waals surface area contributed by atoms with Gasteiger partial charge in [-0.1, -0.05) is 30.3 Å². The number of aromatic nitrogens is 2.